The molecule has 0 saturated carbocycles. The van der Waals surface area contributed by atoms with Gasteiger partial charge < -0.3 is 15.4 Å². The van der Waals surface area contributed by atoms with E-state index in [0.717, 1.165) is 36.6 Å². The van der Waals surface area contributed by atoms with Crippen molar-refractivity contribution in [2.75, 3.05) is 33.4 Å². The summed E-state index contributed by atoms with van der Waals surface area (Å²) in [6, 6.07) is 5.66. The van der Waals surface area contributed by atoms with E-state index in [9.17, 15) is 4.79 Å². The van der Waals surface area contributed by atoms with Gasteiger partial charge in [0.2, 0.25) is 0 Å². The third-order valence-electron chi connectivity index (χ3n) is 4.35. The molecule has 2 aromatic heterocycles. The number of methoxy groups -OCH3 is 1. The molecule has 2 N–H and O–H groups in total. The molecule has 9 heteroatoms. The van der Waals surface area contributed by atoms with Crippen LogP contribution >= 0.6 is 36.2 Å². The quantitative estimate of drug-likeness (QED) is 0.753. The van der Waals surface area contributed by atoms with Crippen LogP contribution in [-0.4, -0.2) is 49.2 Å². The Balaban J connectivity index is 0.00000169. The lowest BCUT2D eigenvalue weighted by Gasteiger charge is -2.37. The molecule has 1 saturated heterocycles. The standard InChI is InChI=1S/C17H22N4O2S.2ClH/c1-23-12-17(5-8-18-9-6-17)11-21-15(22)14-10-20-16(24-14)13-4-2-3-7-19-13;;/h2-4,7,10,18H,5-6,8-9,11-12H2,1H3,(H,21,22);2*1H. The van der Waals surface area contributed by atoms with Crippen LogP contribution < -0.4 is 10.6 Å². The number of carbonyl (C=O) groups excluding carboxylic acids is 1. The molecule has 3 rings (SSSR count). The summed E-state index contributed by atoms with van der Waals surface area (Å²) >= 11 is 1.36. The Morgan fingerprint density at radius 1 is 1.31 bits per heavy atom. The Bertz CT molecular complexity index is 673. The van der Waals surface area contributed by atoms with Gasteiger partial charge in [0.1, 0.15) is 9.88 Å². The third kappa shape index (κ3) is 5.62. The van der Waals surface area contributed by atoms with E-state index in [1.165, 1.54) is 11.3 Å². The summed E-state index contributed by atoms with van der Waals surface area (Å²) in [6.07, 6.45) is 5.35. The van der Waals surface area contributed by atoms with Crippen molar-refractivity contribution in [3.8, 4) is 10.7 Å². The Hall–Kier alpha value is -1.25. The third-order valence-corrected chi connectivity index (χ3v) is 5.37. The minimum atomic E-state index is -0.0799. The number of nitrogens with zero attached hydrogens (tertiary/aromatic N) is 2. The number of carbonyl (C=O) groups is 1. The van der Waals surface area contributed by atoms with E-state index in [1.54, 1.807) is 19.5 Å². The molecule has 2 aromatic rings. The van der Waals surface area contributed by atoms with Crippen LogP contribution in [0.1, 0.15) is 22.5 Å². The van der Waals surface area contributed by atoms with Crippen molar-refractivity contribution in [2.45, 2.75) is 12.8 Å². The molecule has 3 heterocycles. The lowest BCUT2D eigenvalue weighted by Crippen LogP contribution is -2.47. The van der Waals surface area contributed by atoms with Gasteiger partial charge in [-0.3, -0.25) is 9.78 Å². The monoisotopic (exact) mass is 418 g/mol. The van der Waals surface area contributed by atoms with Crippen molar-refractivity contribution < 1.29 is 9.53 Å². The second-order valence-corrected chi connectivity index (χ2v) is 7.14. The second-order valence-electron chi connectivity index (χ2n) is 6.11. The predicted molar refractivity (Wildman–Crippen MR) is 109 cm³/mol. The fourth-order valence-corrected chi connectivity index (χ4v) is 3.79. The van der Waals surface area contributed by atoms with Gasteiger partial charge in [0.25, 0.3) is 5.91 Å². The van der Waals surface area contributed by atoms with Crippen molar-refractivity contribution in [3.05, 3.63) is 35.5 Å². The zero-order valence-electron chi connectivity index (χ0n) is 14.6. The number of pyridine rings is 1. The molecule has 0 aromatic carbocycles. The maximum absolute atomic E-state index is 12.5. The Morgan fingerprint density at radius 3 is 2.73 bits per heavy atom. The zero-order valence-corrected chi connectivity index (χ0v) is 17.0. The first-order valence-electron chi connectivity index (χ1n) is 8.08. The van der Waals surface area contributed by atoms with E-state index in [2.05, 4.69) is 20.6 Å². The van der Waals surface area contributed by atoms with E-state index in [-0.39, 0.29) is 36.1 Å². The van der Waals surface area contributed by atoms with Gasteiger partial charge >= 0.3 is 0 Å². The van der Waals surface area contributed by atoms with E-state index in [0.29, 0.717) is 18.0 Å². The molecule has 26 heavy (non-hydrogen) atoms. The molecule has 0 atom stereocenters. The number of rotatable bonds is 6. The van der Waals surface area contributed by atoms with Crippen molar-refractivity contribution in [1.82, 2.24) is 20.6 Å². The molecule has 0 radical (unpaired) electrons. The number of nitrogens with one attached hydrogen (secondary N) is 2. The van der Waals surface area contributed by atoms with Crippen molar-refractivity contribution in [3.63, 3.8) is 0 Å². The molecule has 1 fully saturated rings. The number of hydrogen-bond donors (Lipinski definition) is 2. The lowest BCUT2D eigenvalue weighted by molar-refractivity contribution is 0.0512. The maximum atomic E-state index is 12.5. The van der Waals surface area contributed by atoms with Gasteiger partial charge in [0, 0.05) is 25.3 Å². The zero-order chi connectivity index (χ0) is 16.8. The SMILES string of the molecule is COCC1(CNC(=O)c2cnc(-c3ccccn3)s2)CCNCC1.Cl.Cl. The van der Waals surface area contributed by atoms with Gasteiger partial charge in [0.05, 0.1) is 18.5 Å². The summed E-state index contributed by atoms with van der Waals surface area (Å²) in [6.45, 7) is 3.21. The van der Waals surface area contributed by atoms with Gasteiger partial charge in [-0.1, -0.05) is 6.07 Å². The number of halogens is 2. The largest absolute Gasteiger partial charge is 0.384 e. The van der Waals surface area contributed by atoms with Crippen molar-refractivity contribution in [1.29, 1.82) is 0 Å². The Labute approximate surface area is 170 Å². The molecule has 1 aliphatic heterocycles. The summed E-state index contributed by atoms with van der Waals surface area (Å²) in [5, 5.41) is 7.18. The van der Waals surface area contributed by atoms with Crippen LogP contribution in [0.5, 0.6) is 0 Å². The van der Waals surface area contributed by atoms with Crippen LogP contribution in [0, 0.1) is 5.41 Å². The van der Waals surface area contributed by atoms with E-state index in [4.69, 9.17) is 4.74 Å². The molecule has 6 nitrogen and oxygen atoms in total. The van der Waals surface area contributed by atoms with Crippen LogP contribution in [0.3, 0.4) is 0 Å². The summed E-state index contributed by atoms with van der Waals surface area (Å²) in [7, 11) is 1.72. The number of aromatic nitrogens is 2. The molecule has 0 spiro atoms. The van der Waals surface area contributed by atoms with Crippen molar-refractivity contribution in [2.24, 2.45) is 5.41 Å². The normalized spacial score (nSPS) is 15.4. The molecular weight excluding hydrogens is 395 g/mol. The molecule has 1 amide bonds. The number of piperidine rings is 1. The molecular formula is C17H24Cl2N4O2S. The van der Waals surface area contributed by atoms with Crippen LogP contribution in [0.4, 0.5) is 0 Å². The Kier molecular flexibility index (Phi) is 9.46. The second kappa shape index (κ2) is 10.8. The molecule has 144 valence electrons. The average molecular weight is 419 g/mol. The van der Waals surface area contributed by atoms with E-state index in [1.807, 2.05) is 18.2 Å². The molecule has 0 aliphatic carbocycles. The predicted octanol–water partition coefficient (Wildman–Crippen LogP) is 2.79. The first-order chi connectivity index (χ1) is 11.7. The van der Waals surface area contributed by atoms with Gasteiger partial charge in [-0.2, -0.15) is 0 Å². The van der Waals surface area contributed by atoms with Gasteiger partial charge in [-0.05, 0) is 38.1 Å². The molecule has 0 unspecified atom stereocenters. The fourth-order valence-electron chi connectivity index (χ4n) is 2.98. The summed E-state index contributed by atoms with van der Waals surface area (Å²) in [5.74, 6) is -0.0799. The van der Waals surface area contributed by atoms with E-state index < -0.39 is 0 Å². The summed E-state index contributed by atoms with van der Waals surface area (Å²) < 4.78 is 5.39. The topological polar surface area (TPSA) is 76.1 Å². The van der Waals surface area contributed by atoms with Crippen molar-refractivity contribution >= 4 is 42.1 Å². The number of amides is 1. The first-order valence-corrected chi connectivity index (χ1v) is 8.89. The highest BCUT2D eigenvalue weighted by atomic mass is 35.5. The number of thiazole rings is 1. The van der Waals surface area contributed by atoms with Crippen LogP contribution in [-0.2, 0) is 4.74 Å². The molecule has 0 bridgehead atoms. The highest BCUT2D eigenvalue weighted by Crippen LogP contribution is 2.29. The van der Waals surface area contributed by atoms with E-state index >= 15 is 0 Å². The summed E-state index contributed by atoms with van der Waals surface area (Å²) in [5.41, 5.74) is 0.806. The lowest BCUT2D eigenvalue weighted by atomic mass is 9.79. The van der Waals surface area contributed by atoms with Crippen LogP contribution in [0.15, 0.2) is 30.6 Å². The average Bonchev–Trinajstić information content (AvgIpc) is 3.12. The first kappa shape index (κ1) is 22.8. The summed E-state index contributed by atoms with van der Waals surface area (Å²) in [4.78, 5) is 21.7. The van der Waals surface area contributed by atoms with Gasteiger partial charge in [0.15, 0.2) is 0 Å². The highest BCUT2D eigenvalue weighted by molar-refractivity contribution is 7.16. The minimum absolute atomic E-state index is 0. The molecule has 1 aliphatic rings. The highest BCUT2D eigenvalue weighted by Gasteiger charge is 2.32. The smallest absolute Gasteiger partial charge is 0.263 e. The number of ether oxygens (including phenoxy) is 1. The van der Waals surface area contributed by atoms with Crippen LogP contribution in [0.25, 0.3) is 10.7 Å². The van der Waals surface area contributed by atoms with Crippen LogP contribution in [0.2, 0.25) is 0 Å². The number of hydrogen-bond acceptors (Lipinski definition) is 6. The Morgan fingerprint density at radius 2 is 2.08 bits per heavy atom. The minimum Gasteiger partial charge on any atom is -0.384 e. The fraction of sp³-hybridized carbons (Fsp3) is 0.471. The van der Waals surface area contributed by atoms with Gasteiger partial charge in [-0.25, -0.2) is 4.98 Å². The van der Waals surface area contributed by atoms with Gasteiger partial charge in [-0.15, -0.1) is 36.2 Å². The maximum Gasteiger partial charge on any atom is 0.263 e.